The number of benzene rings is 2. The Morgan fingerprint density at radius 1 is 0.968 bits per heavy atom. The van der Waals surface area contributed by atoms with Crippen LogP contribution < -0.4 is 5.32 Å². The summed E-state index contributed by atoms with van der Waals surface area (Å²) in [4.78, 5) is 3.52. The number of allylic oxidation sites excluding steroid dienone is 2. The summed E-state index contributed by atoms with van der Waals surface area (Å²) in [6, 6.07) is 13.5. The van der Waals surface area contributed by atoms with Crippen molar-refractivity contribution in [3.8, 4) is 0 Å². The zero-order valence-electron chi connectivity index (χ0n) is 20.3. The summed E-state index contributed by atoms with van der Waals surface area (Å²) in [5, 5.41) is 5.01. The molecule has 0 amide bonds. The first-order valence-electron chi connectivity index (χ1n) is 12.2. The Balaban J connectivity index is 1.89. The van der Waals surface area contributed by atoms with Gasteiger partial charge in [-0.25, -0.2) is 0 Å². The second-order valence-electron chi connectivity index (χ2n) is 8.81. The van der Waals surface area contributed by atoms with E-state index >= 15 is 0 Å². The summed E-state index contributed by atoms with van der Waals surface area (Å²) in [5.41, 5.74) is 9.14. The lowest BCUT2D eigenvalue weighted by Crippen LogP contribution is -2.03. The zero-order chi connectivity index (χ0) is 22.4. The SMILES string of the molecule is C/C=C(\c1cc(Nc2ccc3c(C(CC)CCC)c[nH]c3c2)ccc1C)C(CC)CC. The predicted molar refractivity (Wildman–Crippen MR) is 138 cm³/mol. The first-order valence-corrected chi connectivity index (χ1v) is 12.2. The smallest absolute Gasteiger partial charge is 0.0477 e. The maximum Gasteiger partial charge on any atom is 0.0477 e. The van der Waals surface area contributed by atoms with Crippen molar-refractivity contribution in [3.63, 3.8) is 0 Å². The molecule has 0 fully saturated rings. The number of anilines is 2. The molecule has 31 heavy (non-hydrogen) atoms. The van der Waals surface area contributed by atoms with Gasteiger partial charge in [0.15, 0.2) is 0 Å². The Kier molecular flexibility index (Phi) is 8.01. The second kappa shape index (κ2) is 10.7. The number of aromatic amines is 1. The van der Waals surface area contributed by atoms with Crippen LogP contribution in [0.1, 0.15) is 89.3 Å². The molecule has 1 heterocycles. The molecule has 0 bridgehead atoms. The topological polar surface area (TPSA) is 27.8 Å². The van der Waals surface area contributed by atoms with Crippen LogP contribution in [0.5, 0.6) is 0 Å². The lowest BCUT2D eigenvalue weighted by molar-refractivity contribution is 0.599. The molecular formula is C29H40N2. The Morgan fingerprint density at radius 3 is 2.32 bits per heavy atom. The molecule has 1 unspecified atom stereocenters. The third kappa shape index (κ3) is 5.06. The van der Waals surface area contributed by atoms with Gasteiger partial charge in [-0.15, -0.1) is 0 Å². The first kappa shape index (κ1) is 23.2. The van der Waals surface area contributed by atoms with E-state index in [0.717, 1.165) is 11.4 Å². The number of aryl methyl sites for hydroxylation is 1. The lowest BCUT2D eigenvalue weighted by atomic mass is 9.86. The maximum atomic E-state index is 3.65. The van der Waals surface area contributed by atoms with Crippen molar-refractivity contribution < 1.29 is 0 Å². The van der Waals surface area contributed by atoms with E-state index in [9.17, 15) is 0 Å². The van der Waals surface area contributed by atoms with Crippen LogP contribution in [0.15, 0.2) is 48.7 Å². The summed E-state index contributed by atoms with van der Waals surface area (Å²) in [7, 11) is 0. The normalized spacial score (nSPS) is 13.2. The minimum Gasteiger partial charge on any atom is -0.361 e. The Hall–Kier alpha value is -2.48. The average Bonchev–Trinajstić information content (AvgIpc) is 3.20. The van der Waals surface area contributed by atoms with Crippen LogP contribution in [0.25, 0.3) is 16.5 Å². The lowest BCUT2D eigenvalue weighted by Gasteiger charge is -2.20. The highest BCUT2D eigenvalue weighted by Crippen LogP contribution is 2.35. The average molecular weight is 417 g/mol. The summed E-state index contributed by atoms with van der Waals surface area (Å²) in [6.45, 7) is 13.5. The fraction of sp³-hybridized carbons (Fsp3) is 0.448. The molecular weight excluding hydrogens is 376 g/mol. The molecule has 1 atom stereocenters. The number of hydrogen-bond donors (Lipinski definition) is 2. The van der Waals surface area contributed by atoms with Gasteiger partial charge in [-0.05, 0) is 97.9 Å². The molecule has 2 nitrogen and oxygen atoms in total. The number of H-pyrrole nitrogens is 1. The summed E-state index contributed by atoms with van der Waals surface area (Å²) >= 11 is 0. The third-order valence-corrected chi connectivity index (χ3v) is 6.86. The van der Waals surface area contributed by atoms with Crippen LogP contribution in [0.3, 0.4) is 0 Å². The fourth-order valence-corrected chi connectivity index (χ4v) is 5.01. The molecule has 166 valence electrons. The van der Waals surface area contributed by atoms with Crippen LogP contribution in [0, 0.1) is 12.8 Å². The molecule has 0 saturated heterocycles. The largest absolute Gasteiger partial charge is 0.361 e. The van der Waals surface area contributed by atoms with Crippen LogP contribution in [-0.4, -0.2) is 4.98 Å². The molecule has 0 aliphatic rings. The van der Waals surface area contributed by atoms with Gasteiger partial charge in [0.25, 0.3) is 0 Å². The van der Waals surface area contributed by atoms with Gasteiger partial charge in [-0.1, -0.05) is 52.3 Å². The van der Waals surface area contributed by atoms with Gasteiger partial charge < -0.3 is 10.3 Å². The van der Waals surface area contributed by atoms with E-state index in [4.69, 9.17) is 0 Å². The van der Waals surface area contributed by atoms with Crippen LogP contribution >= 0.6 is 0 Å². The van der Waals surface area contributed by atoms with Crippen LogP contribution in [0.4, 0.5) is 11.4 Å². The minimum atomic E-state index is 0.613. The summed E-state index contributed by atoms with van der Waals surface area (Å²) in [5.74, 6) is 1.25. The van der Waals surface area contributed by atoms with E-state index in [-0.39, 0.29) is 0 Å². The number of aromatic nitrogens is 1. The van der Waals surface area contributed by atoms with Crippen molar-refractivity contribution in [3.05, 3.63) is 65.4 Å². The molecule has 1 aromatic heterocycles. The molecule has 2 heteroatoms. The first-order chi connectivity index (χ1) is 15.1. The van der Waals surface area contributed by atoms with Crippen LogP contribution in [-0.2, 0) is 0 Å². The van der Waals surface area contributed by atoms with Gasteiger partial charge >= 0.3 is 0 Å². The highest BCUT2D eigenvalue weighted by atomic mass is 14.9. The van der Waals surface area contributed by atoms with Gasteiger partial charge in [0.2, 0.25) is 0 Å². The van der Waals surface area contributed by atoms with Gasteiger partial charge in [0.1, 0.15) is 0 Å². The Bertz CT molecular complexity index is 1020. The van der Waals surface area contributed by atoms with Crippen molar-refractivity contribution in [1.82, 2.24) is 4.98 Å². The molecule has 0 spiro atoms. The van der Waals surface area contributed by atoms with Gasteiger partial charge in [0, 0.05) is 28.5 Å². The van der Waals surface area contributed by atoms with Crippen molar-refractivity contribution in [2.24, 2.45) is 5.92 Å². The molecule has 0 radical (unpaired) electrons. The Morgan fingerprint density at radius 2 is 1.68 bits per heavy atom. The van der Waals surface area contributed by atoms with E-state index in [2.05, 4.69) is 101 Å². The third-order valence-electron chi connectivity index (χ3n) is 6.86. The standard InChI is InChI=1S/C29H40N2/c1-7-12-22(10-4)28-19-30-29-18-24(15-16-26(28)29)31-23-14-13-20(6)27(17-23)25(11-5)21(8-2)9-3/h11,13-19,21-22,30-31H,7-10,12H2,1-6H3/b25-11-. The van der Waals surface area contributed by atoms with E-state index in [1.54, 1.807) is 0 Å². The molecule has 0 saturated carbocycles. The number of hydrogen-bond acceptors (Lipinski definition) is 1. The van der Waals surface area contributed by atoms with E-state index < -0.39 is 0 Å². The van der Waals surface area contributed by atoms with E-state index in [1.807, 2.05) is 0 Å². The molecule has 0 aliphatic carbocycles. The highest BCUT2D eigenvalue weighted by Gasteiger charge is 2.15. The van der Waals surface area contributed by atoms with Crippen molar-refractivity contribution in [2.75, 3.05) is 5.32 Å². The predicted octanol–water partition coefficient (Wildman–Crippen LogP) is 9.35. The second-order valence-corrected chi connectivity index (χ2v) is 8.81. The quantitative estimate of drug-likeness (QED) is 0.338. The van der Waals surface area contributed by atoms with Gasteiger partial charge in [0.05, 0.1) is 0 Å². The number of rotatable bonds is 10. The molecule has 2 N–H and O–H groups in total. The molecule has 2 aromatic carbocycles. The number of nitrogens with one attached hydrogen (secondary N) is 2. The Labute approximate surface area is 189 Å². The molecule has 3 aromatic rings. The van der Waals surface area contributed by atoms with Crippen molar-refractivity contribution >= 4 is 27.9 Å². The van der Waals surface area contributed by atoms with Crippen LogP contribution in [0.2, 0.25) is 0 Å². The van der Waals surface area contributed by atoms with Crippen molar-refractivity contribution in [2.45, 2.75) is 79.6 Å². The number of fused-ring (bicyclic) bond motifs is 1. The van der Waals surface area contributed by atoms with Gasteiger partial charge in [-0.3, -0.25) is 0 Å². The molecule has 3 rings (SSSR count). The summed E-state index contributed by atoms with van der Waals surface area (Å²) < 4.78 is 0. The highest BCUT2D eigenvalue weighted by molar-refractivity contribution is 5.87. The fourth-order valence-electron chi connectivity index (χ4n) is 5.01. The van der Waals surface area contributed by atoms with Crippen molar-refractivity contribution in [1.29, 1.82) is 0 Å². The minimum absolute atomic E-state index is 0.613. The zero-order valence-corrected chi connectivity index (χ0v) is 20.3. The van der Waals surface area contributed by atoms with E-state index in [0.29, 0.717) is 11.8 Å². The molecule has 0 aliphatic heterocycles. The monoisotopic (exact) mass is 416 g/mol. The maximum absolute atomic E-state index is 3.65. The van der Waals surface area contributed by atoms with E-state index in [1.165, 1.54) is 65.3 Å². The van der Waals surface area contributed by atoms with Gasteiger partial charge in [-0.2, -0.15) is 0 Å². The summed E-state index contributed by atoms with van der Waals surface area (Å²) in [6.07, 6.45) is 10.5.